The van der Waals surface area contributed by atoms with Gasteiger partial charge in [-0.2, -0.15) is 4.31 Å². The third-order valence-electron chi connectivity index (χ3n) is 3.78. The van der Waals surface area contributed by atoms with Crippen molar-refractivity contribution >= 4 is 15.9 Å². The molecule has 1 fully saturated rings. The number of aliphatic hydroxyl groups is 1. The van der Waals surface area contributed by atoms with E-state index in [4.69, 9.17) is 10.8 Å². The zero-order chi connectivity index (χ0) is 15.5. The summed E-state index contributed by atoms with van der Waals surface area (Å²) in [5, 5.41) is 9.10. The summed E-state index contributed by atoms with van der Waals surface area (Å²) in [6.07, 6.45) is 3.00. The summed E-state index contributed by atoms with van der Waals surface area (Å²) in [7, 11) is -3.61. The molecule has 0 aliphatic carbocycles. The van der Waals surface area contributed by atoms with Crippen molar-refractivity contribution in [3.63, 3.8) is 0 Å². The highest BCUT2D eigenvalue weighted by Gasteiger charge is 2.33. The van der Waals surface area contributed by atoms with Crippen LogP contribution in [0.15, 0.2) is 29.2 Å². The lowest BCUT2D eigenvalue weighted by Crippen LogP contribution is -2.44. The highest BCUT2D eigenvalue weighted by Crippen LogP contribution is 2.27. The van der Waals surface area contributed by atoms with Crippen LogP contribution in [0.1, 0.15) is 36.0 Å². The minimum absolute atomic E-state index is 0.0305. The van der Waals surface area contributed by atoms with Crippen LogP contribution in [0.5, 0.6) is 0 Å². The van der Waals surface area contributed by atoms with Gasteiger partial charge in [-0.25, -0.2) is 8.42 Å². The minimum atomic E-state index is -3.61. The molecule has 116 valence electrons. The van der Waals surface area contributed by atoms with E-state index in [0.29, 0.717) is 13.0 Å². The van der Waals surface area contributed by atoms with Crippen LogP contribution in [0.25, 0.3) is 0 Å². The fourth-order valence-corrected chi connectivity index (χ4v) is 4.38. The Kier molecular flexibility index (Phi) is 4.97. The van der Waals surface area contributed by atoms with E-state index >= 15 is 0 Å². The highest BCUT2D eigenvalue weighted by molar-refractivity contribution is 7.89. The van der Waals surface area contributed by atoms with Gasteiger partial charge in [-0.1, -0.05) is 6.42 Å². The number of hydrogen-bond acceptors (Lipinski definition) is 4. The van der Waals surface area contributed by atoms with Gasteiger partial charge < -0.3 is 10.8 Å². The third kappa shape index (κ3) is 3.42. The number of carbonyl (C=O) groups excluding carboxylic acids is 1. The van der Waals surface area contributed by atoms with Crippen molar-refractivity contribution < 1.29 is 18.3 Å². The van der Waals surface area contributed by atoms with Gasteiger partial charge in [0.1, 0.15) is 0 Å². The minimum Gasteiger partial charge on any atom is -0.396 e. The monoisotopic (exact) mass is 312 g/mol. The second-order valence-corrected chi connectivity index (χ2v) is 7.06. The van der Waals surface area contributed by atoms with E-state index in [1.807, 2.05) is 0 Å². The smallest absolute Gasteiger partial charge is 0.248 e. The van der Waals surface area contributed by atoms with Crippen molar-refractivity contribution in [3.05, 3.63) is 29.8 Å². The van der Waals surface area contributed by atoms with Crippen molar-refractivity contribution in [1.29, 1.82) is 0 Å². The maximum atomic E-state index is 12.7. The number of hydrogen-bond donors (Lipinski definition) is 2. The van der Waals surface area contributed by atoms with Gasteiger partial charge in [0, 0.05) is 24.8 Å². The van der Waals surface area contributed by atoms with E-state index in [9.17, 15) is 13.2 Å². The molecule has 21 heavy (non-hydrogen) atoms. The Bertz CT molecular complexity index is 596. The Hall–Kier alpha value is -1.44. The zero-order valence-corrected chi connectivity index (χ0v) is 12.6. The Balaban J connectivity index is 2.28. The fraction of sp³-hybridized carbons (Fsp3) is 0.500. The molecule has 1 atom stereocenters. The first-order chi connectivity index (χ1) is 9.96. The van der Waals surface area contributed by atoms with Crippen LogP contribution in [0.4, 0.5) is 0 Å². The second kappa shape index (κ2) is 6.55. The maximum Gasteiger partial charge on any atom is 0.248 e. The zero-order valence-electron chi connectivity index (χ0n) is 11.7. The Morgan fingerprint density at radius 2 is 1.95 bits per heavy atom. The Labute approximate surface area is 124 Å². The number of sulfonamides is 1. The normalized spacial score (nSPS) is 20.3. The summed E-state index contributed by atoms with van der Waals surface area (Å²) >= 11 is 0. The van der Waals surface area contributed by atoms with Crippen LogP contribution in [0.2, 0.25) is 0 Å². The molecule has 6 nitrogen and oxygen atoms in total. The summed E-state index contributed by atoms with van der Waals surface area (Å²) < 4.78 is 26.8. The molecular weight excluding hydrogens is 292 g/mol. The van der Waals surface area contributed by atoms with Gasteiger partial charge in [0.2, 0.25) is 15.9 Å². The molecule has 1 aliphatic rings. The summed E-state index contributed by atoms with van der Waals surface area (Å²) in [4.78, 5) is 11.2. The first kappa shape index (κ1) is 15.9. The quantitative estimate of drug-likeness (QED) is 0.836. The summed E-state index contributed by atoms with van der Waals surface area (Å²) in [6.45, 7) is 0.432. The number of benzene rings is 1. The van der Waals surface area contributed by atoms with Crippen LogP contribution >= 0.6 is 0 Å². The summed E-state index contributed by atoms with van der Waals surface area (Å²) in [5.41, 5.74) is 5.43. The van der Waals surface area contributed by atoms with Crippen LogP contribution in [0, 0.1) is 0 Å². The van der Waals surface area contributed by atoms with Crippen molar-refractivity contribution in [2.24, 2.45) is 5.73 Å². The fourth-order valence-electron chi connectivity index (χ4n) is 2.65. The molecule has 3 N–H and O–H groups in total. The number of aliphatic hydroxyl groups excluding tert-OH is 1. The SMILES string of the molecule is NC(=O)c1ccc(S(=O)(=O)N2CCCCC2CCO)cc1. The summed E-state index contributed by atoms with van der Waals surface area (Å²) in [6, 6.07) is 5.48. The van der Waals surface area contributed by atoms with Gasteiger partial charge in [-0.15, -0.1) is 0 Å². The topological polar surface area (TPSA) is 101 Å². The number of piperidine rings is 1. The average Bonchev–Trinajstić information content (AvgIpc) is 2.48. The van der Waals surface area contributed by atoms with Crippen molar-refractivity contribution in [3.8, 4) is 0 Å². The molecule has 0 spiro atoms. The van der Waals surface area contributed by atoms with E-state index in [0.717, 1.165) is 19.3 Å². The molecule has 0 bridgehead atoms. The standard InChI is InChI=1S/C14H20N2O4S/c15-14(18)11-4-6-13(7-5-11)21(19,20)16-9-2-1-3-12(16)8-10-17/h4-7,12,17H,1-3,8-10H2,(H2,15,18). The predicted octanol–water partition coefficient (Wildman–Crippen LogP) is 0.711. The molecule has 0 aromatic heterocycles. The van der Waals surface area contributed by atoms with Gasteiger partial charge in [0.05, 0.1) is 4.90 Å². The Morgan fingerprint density at radius 3 is 2.52 bits per heavy atom. The molecule has 1 amide bonds. The molecule has 1 saturated heterocycles. The first-order valence-corrected chi connectivity index (χ1v) is 8.43. The number of amides is 1. The van der Waals surface area contributed by atoms with Gasteiger partial charge in [0.15, 0.2) is 0 Å². The lowest BCUT2D eigenvalue weighted by Gasteiger charge is -2.34. The molecule has 1 aromatic rings. The van der Waals surface area contributed by atoms with Crippen molar-refractivity contribution in [2.45, 2.75) is 36.6 Å². The van der Waals surface area contributed by atoms with E-state index < -0.39 is 15.9 Å². The van der Waals surface area contributed by atoms with Gasteiger partial charge in [-0.05, 0) is 43.5 Å². The first-order valence-electron chi connectivity index (χ1n) is 6.99. The lowest BCUT2D eigenvalue weighted by atomic mass is 10.0. The maximum absolute atomic E-state index is 12.7. The molecule has 0 saturated carbocycles. The second-order valence-electron chi connectivity index (χ2n) is 5.17. The van der Waals surface area contributed by atoms with Gasteiger partial charge >= 0.3 is 0 Å². The molecule has 0 radical (unpaired) electrons. The highest BCUT2D eigenvalue weighted by atomic mass is 32.2. The molecule has 1 unspecified atom stereocenters. The van der Waals surface area contributed by atoms with E-state index in [2.05, 4.69) is 0 Å². The molecule has 1 heterocycles. The number of nitrogens with zero attached hydrogens (tertiary/aromatic N) is 1. The molecule has 2 rings (SSSR count). The molecule has 1 aromatic carbocycles. The van der Waals surface area contributed by atoms with Gasteiger partial charge in [0.25, 0.3) is 0 Å². The molecule has 7 heteroatoms. The van der Waals surface area contributed by atoms with Crippen LogP contribution in [-0.4, -0.2) is 42.9 Å². The number of rotatable bonds is 5. The van der Waals surface area contributed by atoms with Gasteiger partial charge in [-0.3, -0.25) is 4.79 Å². The average molecular weight is 312 g/mol. The predicted molar refractivity (Wildman–Crippen MR) is 78.2 cm³/mol. The van der Waals surface area contributed by atoms with Crippen LogP contribution in [0.3, 0.4) is 0 Å². The van der Waals surface area contributed by atoms with E-state index in [1.54, 1.807) is 0 Å². The summed E-state index contributed by atoms with van der Waals surface area (Å²) in [5.74, 6) is -0.588. The Morgan fingerprint density at radius 1 is 1.29 bits per heavy atom. The third-order valence-corrected chi connectivity index (χ3v) is 5.75. The number of nitrogens with two attached hydrogens (primary N) is 1. The van der Waals surface area contributed by atoms with E-state index in [1.165, 1.54) is 28.6 Å². The molecule has 1 aliphatic heterocycles. The van der Waals surface area contributed by atoms with Crippen molar-refractivity contribution in [1.82, 2.24) is 4.31 Å². The van der Waals surface area contributed by atoms with Crippen LogP contribution in [-0.2, 0) is 10.0 Å². The van der Waals surface area contributed by atoms with Crippen LogP contribution < -0.4 is 5.73 Å². The molecular formula is C14H20N2O4S. The largest absolute Gasteiger partial charge is 0.396 e. The van der Waals surface area contributed by atoms with E-state index in [-0.39, 0.29) is 23.1 Å². The number of carbonyl (C=O) groups is 1. The number of primary amides is 1. The lowest BCUT2D eigenvalue weighted by molar-refractivity contribution is 0.1000. The van der Waals surface area contributed by atoms with Crippen molar-refractivity contribution in [2.75, 3.05) is 13.2 Å².